The summed E-state index contributed by atoms with van der Waals surface area (Å²) < 4.78 is 0. The molecule has 0 spiro atoms. The molecule has 4 heteroatoms. The van der Waals surface area contributed by atoms with Crippen LogP contribution in [0.3, 0.4) is 0 Å². The zero-order chi connectivity index (χ0) is 13.7. The average Bonchev–Trinajstić information content (AvgIpc) is 2.39. The molecule has 2 rings (SSSR count). The number of rotatable bonds is 4. The summed E-state index contributed by atoms with van der Waals surface area (Å²) in [6.07, 6.45) is 11.6. The second-order valence-corrected chi connectivity index (χ2v) is 6.98. The highest BCUT2D eigenvalue weighted by molar-refractivity contribution is 5.85. The van der Waals surface area contributed by atoms with Crippen LogP contribution in [0.1, 0.15) is 71.1 Å². The molecule has 2 aliphatic carbocycles. The molecule has 0 bridgehead atoms. The summed E-state index contributed by atoms with van der Waals surface area (Å²) >= 11 is 0. The molecule has 1 amide bonds. The standard InChI is InChI=1S/C16H30N2O.ClH/c1-13-6-5-7-14(10-13)18-15(19)11-16(12-17)8-3-2-4-9-16;/h13-14H,2-12,17H2,1H3,(H,18,19);1H. The van der Waals surface area contributed by atoms with Crippen LogP contribution in [0.2, 0.25) is 0 Å². The van der Waals surface area contributed by atoms with Gasteiger partial charge in [-0.25, -0.2) is 0 Å². The van der Waals surface area contributed by atoms with Gasteiger partial charge in [-0.05, 0) is 43.6 Å². The molecule has 0 aromatic rings. The zero-order valence-corrected chi connectivity index (χ0v) is 13.6. The van der Waals surface area contributed by atoms with E-state index in [0.717, 1.165) is 31.6 Å². The summed E-state index contributed by atoms with van der Waals surface area (Å²) in [5, 5.41) is 3.26. The third-order valence-corrected chi connectivity index (χ3v) is 5.18. The number of carbonyl (C=O) groups is 1. The van der Waals surface area contributed by atoms with Gasteiger partial charge in [0.25, 0.3) is 0 Å². The molecule has 3 N–H and O–H groups in total. The topological polar surface area (TPSA) is 55.1 Å². The number of halogens is 1. The Kier molecular flexibility index (Phi) is 7.32. The fourth-order valence-electron chi connectivity index (χ4n) is 3.94. The van der Waals surface area contributed by atoms with Crippen LogP contribution in [0.4, 0.5) is 0 Å². The van der Waals surface area contributed by atoms with Gasteiger partial charge in [0.1, 0.15) is 0 Å². The van der Waals surface area contributed by atoms with Crippen molar-refractivity contribution >= 4 is 18.3 Å². The van der Waals surface area contributed by atoms with E-state index in [1.165, 1.54) is 32.1 Å². The minimum atomic E-state index is 0. The van der Waals surface area contributed by atoms with Crippen molar-refractivity contribution in [3.8, 4) is 0 Å². The minimum absolute atomic E-state index is 0. The lowest BCUT2D eigenvalue weighted by atomic mass is 9.71. The Morgan fingerprint density at radius 2 is 1.90 bits per heavy atom. The molecule has 118 valence electrons. The van der Waals surface area contributed by atoms with E-state index in [1.54, 1.807) is 0 Å². The van der Waals surface area contributed by atoms with Crippen molar-refractivity contribution in [1.82, 2.24) is 5.32 Å². The summed E-state index contributed by atoms with van der Waals surface area (Å²) in [6.45, 7) is 2.96. The Balaban J connectivity index is 0.00000200. The van der Waals surface area contributed by atoms with Gasteiger partial charge in [-0.3, -0.25) is 4.79 Å². The Bertz CT molecular complexity index is 303. The number of amides is 1. The molecular weight excluding hydrogens is 272 g/mol. The number of hydrogen-bond acceptors (Lipinski definition) is 2. The van der Waals surface area contributed by atoms with Gasteiger partial charge < -0.3 is 11.1 Å². The third-order valence-electron chi connectivity index (χ3n) is 5.18. The van der Waals surface area contributed by atoms with Crippen LogP contribution in [-0.4, -0.2) is 18.5 Å². The van der Waals surface area contributed by atoms with Gasteiger partial charge in [0, 0.05) is 12.5 Å². The van der Waals surface area contributed by atoms with E-state index < -0.39 is 0 Å². The summed E-state index contributed by atoms with van der Waals surface area (Å²) in [5.74, 6) is 1.00. The quantitative estimate of drug-likeness (QED) is 0.836. The second kappa shape index (κ2) is 8.23. The highest BCUT2D eigenvalue weighted by Gasteiger charge is 2.33. The third kappa shape index (κ3) is 4.92. The number of hydrogen-bond donors (Lipinski definition) is 2. The van der Waals surface area contributed by atoms with Crippen LogP contribution in [0.5, 0.6) is 0 Å². The Morgan fingerprint density at radius 3 is 2.50 bits per heavy atom. The van der Waals surface area contributed by atoms with Crippen molar-refractivity contribution in [2.75, 3.05) is 6.54 Å². The van der Waals surface area contributed by atoms with Crippen LogP contribution >= 0.6 is 12.4 Å². The summed E-state index contributed by atoms with van der Waals surface area (Å²) in [5.41, 5.74) is 6.06. The Hall–Kier alpha value is -0.280. The van der Waals surface area contributed by atoms with Crippen LogP contribution in [0, 0.1) is 11.3 Å². The van der Waals surface area contributed by atoms with E-state index in [1.807, 2.05) is 0 Å². The maximum Gasteiger partial charge on any atom is 0.220 e. The molecule has 0 heterocycles. The van der Waals surface area contributed by atoms with Crippen molar-refractivity contribution in [1.29, 1.82) is 0 Å². The highest BCUT2D eigenvalue weighted by atomic mass is 35.5. The van der Waals surface area contributed by atoms with Crippen molar-refractivity contribution in [3.05, 3.63) is 0 Å². The average molecular weight is 303 g/mol. The molecule has 0 aromatic heterocycles. The monoisotopic (exact) mass is 302 g/mol. The number of nitrogens with two attached hydrogens (primary N) is 1. The van der Waals surface area contributed by atoms with E-state index in [9.17, 15) is 4.79 Å². The first-order valence-electron chi connectivity index (χ1n) is 8.13. The Labute approximate surface area is 129 Å². The maximum absolute atomic E-state index is 12.3. The van der Waals surface area contributed by atoms with Crippen molar-refractivity contribution < 1.29 is 4.79 Å². The first-order chi connectivity index (χ1) is 9.13. The lowest BCUT2D eigenvalue weighted by Crippen LogP contribution is -2.43. The smallest absolute Gasteiger partial charge is 0.220 e. The summed E-state index contributed by atoms with van der Waals surface area (Å²) in [4.78, 5) is 12.3. The van der Waals surface area contributed by atoms with Crippen LogP contribution in [0.15, 0.2) is 0 Å². The second-order valence-electron chi connectivity index (χ2n) is 6.98. The van der Waals surface area contributed by atoms with Crippen LogP contribution < -0.4 is 11.1 Å². The predicted molar refractivity (Wildman–Crippen MR) is 86.0 cm³/mol. The molecule has 2 fully saturated rings. The van der Waals surface area contributed by atoms with Crippen molar-refractivity contribution in [3.63, 3.8) is 0 Å². The summed E-state index contributed by atoms with van der Waals surface area (Å²) in [6, 6.07) is 0.412. The van der Waals surface area contributed by atoms with Gasteiger partial charge in [0.15, 0.2) is 0 Å². The molecule has 2 saturated carbocycles. The molecule has 2 unspecified atom stereocenters. The largest absolute Gasteiger partial charge is 0.353 e. The lowest BCUT2D eigenvalue weighted by molar-refractivity contribution is -0.124. The summed E-state index contributed by atoms with van der Waals surface area (Å²) in [7, 11) is 0. The van der Waals surface area contributed by atoms with E-state index in [2.05, 4.69) is 12.2 Å². The number of nitrogens with one attached hydrogen (secondary N) is 1. The van der Waals surface area contributed by atoms with E-state index in [-0.39, 0.29) is 23.7 Å². The van der Waals surface area contributed by atoms with Gasteiger partial charge in [-0.2, -0.15) is 0 Å². The van der Waals surface area contributed by atoms with Gasteiger partial charge in [0.05, 0.1) is 0 Å². The fourth-order valence-corrected chi connectivity index (χ4v) is 3.94. The first kappa shape index (κ1) is 17.8. The molecular formula is C16H31ClN2O. The molecule has 20 heavy (non-hydrogen) atoms. The first-order valence-corrected chi connectivity index (χ1v) is 8.13. The van der Waals surface area contributed by atoms with E-state index in [4.69, 9.17) is 5.73 Å². The highest BCUT2D eigenvalue weighted by Crippen LogP contribution is 2.38. The SMILES string of the molecule is CC1CCCC(NC(=O)CC2(CN)CCCCC2)C1.Cl. The molecule has 0 aromatic carbocycles. The van der Waals surface area contributed by atoms with Crippen LogP contribution in [0.25, 0.3) is 0 Å². The lowest BCUT2D eigenvalue weighted by Gasteiger charge is -2.36. The van der Waals surface area contributed by atoms with Gasteiger partial charge in [0.2, 0.25) is 5.91 Å². The van der Waals surface area contributed by atoms with Gasteiger partial charge in [-0.15, -0.1) is 12.4 Å². The van der Waals surface area contributed by atoms with Gasteiger partial charge >= 0.3 is 0 Å². The normalized spacial score (nSPS) is 29.3. The van der Waals surface area contributed by atoms with Gasteiger partial charge in [-0.1, -0.05) is 39.0 Å². The minimum Gasteiger partial charge on any atom is -0.353 e. The van der Waals surface area contributed by atoms with Crippen molar-refractivity contribution in [2.24, 2.45) is 17.1 Å². The predicted octanol–water partition coefficient (Wildman–Crippen LogP) is 3.40. The molecule has 2 aliphatic rings. The molecule has 0 saturated heterocycles. The van der Waals surface area contributed by atoms with E-state index in [0.29, 0.717) is 19.0 Å². The van der Waals surface area contributed by atoms with Crippen molar-refractivity contribution in [2.45, 2.75) is 77.2 Å². The fraction of sp³-hybridized carbons (Fsp3) is 0.938. The zero-order valence-electron chi connectivity index (χ0n) is 12.8. The Morgan fingerprint density at radius 1 is 1.20 bits per heavy atom. The number of carbonyl (C=O) groups excluding carboxylic acids is 1. The molecule has 2 atom stereocenters. The van der Waals surface area contributed by atoms with E-state index >= 15 is 0 Å². The molecule has 0 aliphatic heterocycles. The van der Waals surface area contributed by atoms with Crippen LogP contribution in [-0.2, 0) is 4.79 Å². The molecule has 3 nitrogen and oxygen atoms in total. The maximum atomic E-state index is 12.3. The molecule has 0 radical (unpaired) electrons.